The van der Waals surface area contributed by atoms with Crippen LogP contribution >= 0.6 is 11.8 Å². The molecule has 1 aromatic carbocycles. The van der Waals surface area contributed by atoms with Gasteiger partial charge in [0.15, 0.2) is 0 Å². The highest BCUT2D eigenvalue weighted by molar-refractivity contribution is 8.15. The quantitative estimate of drug-likeness (QED) is 0.920. The molecule has 0 atom stereocenters. The largest absolute Gasteiger partial charge is 0.376 e. The van der Waals surface area contributed by atoms with Gasteiger partial charge in [-0.2, -0.15) is 13.9 Å². The van der Waals surface area contributed by atoms with Crippen molar-refractivity contribution in [1.29, 1.82) is 0 Å². The van der Waals surface area contributed by atoms with Crippen molar-refractivity contribution in [3.8, 4) is 0 Å². The average molecular weight is 346 g/mol. The van der Waals surface area contributed by atoms with Crippen molar-refractivity contribution in [2.75, 3.05) is 5.32 Å². The molecule has 1 aromatic heterocycles. The van der Waals surface area contributed by atoms with Crippen LogP contribution in [0.4, 0.5) is 14.5 Å². The summed E-state index contributed by atoms with van der Waals surface area (Å²) in [7, 11) is 0. The third-order valence-electron chi connectivity index (χ3n) is 3.16. The number of alkyl halides is 2. The lowest BCUT2D eigenvalue weighted by atomic mass is 10.1. The molecule has 0 spiro atoms. The van der Waals surface area contributed by atoms with E-state index in [1.54, 1.807) is 42.7 Å². The van der Waals surface area contributed by atoms with Gasteiger partial charge in [0.05, 0.1) is 5.71 Å². The maximum atomic E-state index is 14.1. The van der Waals surface area contributed by atoms with E-state index in [1.807, 2.05) is 0 Å². The van der Waals surface area contributed by atoms with E-state index in [-0.39, 0.29) is 23.2 Å². The number of pyridine rings is 1. The lowest BCUT2D eigenvalue weighted by Gasteiger charge is -2.15. The summed E-state index contributed by atoms with van der Waals surface area (Å²) in [6, 6.07) is 11.6. The number of nitrogens with zero attached hydrogens (tertiary/aromatic N) is 3. The van der Waals surface area contributed by atoms with Gasteiger partial charge < -0.3 is 5.32 Å². The molecule has 1 aliphatic heterocycles. The molecule has 1 amide bonds. The standard InChI is InChI=1S/C16H12F2N4OS/c17-16(18,15(23)20-12-4-2-1-3-5-12)24-14-10-13(21-22-14)11-6-8-19-9-7-11/h1-9H,10H2,(H,20,23). The highest BCUT2D eigenvalue weighted by atomic mass is 32.2. The summed E-state index contributed by atoms with van der Waals surface area (Å²) >= 11 is 0.110. The van der Waals surface area contributed by atoms with E-state index in [1.165, 1.54) is 12.1 Å². The molecular weight excluding hydrogens is 334 g/mol. The van der Waals surface area contributed by atoms with Crippen LogP contribution in [0.1, 0.15) is 12.0 Å². The fourth-order valence-electron chi connectivity index (χ4n) is 2.01. The van der Waals surface area contributed by atoms with Crippen LogP contribution < -0.4 is 5.32 Å². The molecule has 0 saturated heterocycles. The second-order valence-corrected chi connectivity index (χ2v) is 6.08. The Hall–Kier alpha value is -2.61. The van der Waals surface area contributed by atoms with Crippen LogP contribution in [0.5, 0.6) is 0 Å². The summed E-state index contributed by atoms with van der Waals surface area (Å²) in [6.45, 7) is 0. The minimum absolute atomic E-state index is 0.0926. The van der Waals surface area contributed by atoms with E-state index >= 15 is 0 Å². The van der Waals surface area contributed by atoms with Gasteiger partial charge in [0.25, 0.3) is 0 Å². The molecule has 2 aromatic rings. The molecule has 0 unspecified atom stereocenters. The van der Waals surface area contributed by atoms with Gasteiger partial charge in [0.1, 0.15) is 5.04 Å². The number of rotatable bonds is 4. The van der Waals surface area contributed by atoms with Crippen LogP contribution in [-0.2, 0) is 4.79 Å². The Morgan fingerprint density at radius 3 is 2.50 bits per heavy atom. The highest BCUT2D eigenvalue weighted by Crippen LogP contribution is 2.34. The zero-order valence-electron chi connectivity index (χ0n) is 12.3. The number of carbonyl (C=O) groups is 1. The second kappa shape index (κ2) is 6.88. The van der Waals surface area contributed by atoms with E-state index < -0.39 is 11.2 Å². The predicted molar refractivity (Wildman–Crippen MR) is 90.4 cm³/mol. The van der Waals surface area contributed by atoms with Crippen LogP contribution in [-0.4, -0.2) is 26.9 Å². The zero-order chi connectivity index (χ0) is 17.0. The molecule has 0 fully saturated rings. The number of carbonyl (C=O) groups excluding carboxylic acids is 1. The molecule has 0 aliphatic carbocycles. The van der Waals surface area contributed by atoms with Crippen LogP contribution in [0.3, 0.4) is 0 Å². The topological polar surface area (TPSA) is 66.7 Å². The maximum absolute atomic E-state index is 14.1. The minimum atomic E-state index is -3.64. The first-order valence-corrected chi connectivity index (χ1v) is 7.83. The molecule has 0 bridgehead atoms. The number of amides is 1. The lowest BCUT2D eigenvalue weighted by Crippen LogP contribution is -2.32. The van der Waals surface area contributed by atoms with Crippen molar-refractivity contribution >= 4 is 34.1 Å². The van der Waals surface area contributed by atoms with E-state index in [9.17, 15) is 13.6 Å². The Balaban J connectivity index is 1.60. The van der Waals surface area contributed by atoms with Crippen molar-refractivity contribution in [2.45, 2.75) is 11.7 Å². The number of nitrogens with one attached hydrogen (secondary N) is 1. The molecule has 0 saturated carbocycles. The molecular formula is C16H12F2N4OS. The number of hydrogen-bond donors (Lipinski definition) is 1. The van der Waals surface area contributed by atoms with Gasteiger partial charge in [-0.05, 0) is 36.0 Å². The van der Waals surface area contributed by atoms with Crippen molar-refractivity contribution in [3.63, 3.8) is 0 Å². The number of thioether (sulfide) groups is 1. The monoisotopic (exact) mass is 346 g/mol. The summed E-state index contributed by atoms with van der Waals surface area (Å²) in [5.41, 5.74) is 1.64. The highest BCUT2D eigenvalue weighted by Gasteiger charge is 2.42. The first-order chi connectivity index (χ1) is 11.5. The summed E-state index contributed by atoms with van der Waals surface area (Å²) in [5.74, 6) is -1.39. The van der Waals surface area contributed by atoms with E-state index in [0.29, 0.717) is 11.4 Å². The third-order valence-corrected chi connectivity index (χ3v) is 4.06. The Kier molecular flexibility index (Phi) is 4.66. The second-order valence-electron chi connectivity index (χ2n) is 4.89. The number of hydrogen-bond acceptors (Lipinski definition) is 5. The van der Waals surface area contributed by atoms with Gasteiger partial charge in [0, 0.05) is 30.1 Å². The van der Waals surface area contributed by atoms with Gasteiger partial charge in [-0.3, -0.25) is 9.78 Å². The fourth-order valence-corrected chi connectivity index (χ4v) is 2.74. The minimum Gasteiger partial charge on any atom is -0.320 e. The summed E-state index contributed by atoms with van der Waals surface area (Å²) in [4.78, 5) is 15.7. The Bertz CT molecular complexity index is 794. The van der Waals surface area contributed by atoms with Crippen molar-refractivity contribution in [2.24, 2.45) is 10.2 Å². The Morgan fingerprint density at radius 1 is 1.08 bits per heavy atom. The lowest BCUT2D eigenvalue weighted by molar-refractivity contribution is -0.129. The van der Waals surface area contributed by atoms with Gasteiger partial charge >= 0.3 is 11.2 Å². The van der Waals surface area contributed by atoms with Gasteiger partial charge in [0.2, 0.25) is 0 Å². The molecule has 122 valence electrons. The number of halogens is 2. The normalized spacial score (nSPS) is 14.1. The number of benzene rings is 1. The fraction of sp³-hybridized carbons (Fsp3) is 0.125. The van der Waals surface area contributed by atoms with Gasteiger partial charge in [-0.15, -0.1) is 5.10 Å². The molecule has 24 heavy (non-hydrogen) atoms. The summed E-state index contributed by atoms with van der Waals surface area (Å²) in [6.07, 6.45) is 3.33. The van der Waals surface area contributed by atoms with Crippen LogP contribution in [0.25, 0.3) is 0 Å². The average Bonchev–Trinajstić information content (AvgIpc) is 3.04. The third kappa shape index (κ3) is 3.83. The predicted octanol–water partition coefficient (Wildman–Crippen LogP) is 3.55. The van der Waals surface area contributed by atoms with E-state index in [4.69, 9.17) is 0 Å². The maximum Gasteiger partial charge on any atom is 0.376 e. The first kappa shape index (κ1) is 16.3. The van der Waals surface area contributed by atoms with Crippen molar-refractivity contribution in [3.05, 3.63) is 60.4 Å². The van der Waals surface area contributed by atoms with Crippen LogP contribution in [0, 0.1) is 0 Å². The van der Waals surface area contributed by atoms with Crippen LogP contribution in [0.2, 0.25) is 0 Å². The first-order valence-electron chi connectivity index (χ1n) is 7.02. The van der Waals surface area contributed by atoms with Crippen molar-refractivity contribution < 1.29 is 13.6 Å². The number of para-hydroxylation sites is 1. The summed E-state index contributed by atoms with van der Waals surface area (Å²) in [5, 5.41) is 6.30. The summed E-state index contributed by atoms with van der Waals surface area (Å²) < 4.78 is 28.2. The van der Waals surface area contributed by atoms with Crippen molar-refractivity contribution in [1.82, 2.24) is 4.98 Å². The Labute approximate surface area is 140 Å². The molecule has 3 rings (SSSR count). The van der Waals surface area contributed by atoms with Gasteiger partial charge in [-0.1, -0.05) is 18.2 Å². The Morgan fingerprint density at radius 2 is 1.79 bits per heavy atom. The van der Waals surface area contributed by atoms with Crippen LogP contribution in [0.15, 0.2) is 65.1 Å². The molecule has 2 heterocycles. The number of aromatic nitrogens is 1. The van der Waals surface area contributed by atoms with E-state index in [2.05, 4.69) is 20.5 Å². The molecule has 8 heteroatoms. The molecule has 1 aliphatic rings. The van der Waals surface area contributed by atoms with E-state index in [0.717, 1.165) is 5.56 Å². The smallest absolute Gasteiger partial charge is 0.320 e. The number of anilines is 1. The SMILES string of the molecule is O=C(Nc1ccccc1)C(F)(F)SC1=NN=C(c2ccncc2)C1. The molecule has 1 N–H and O–H groups in total. The zero-order valence-corrected chi connectivity index (χ0v) is 13.1. The molecule has 0 radical (unpaired) electrons. The van der Waals surface area contributed by atoms with Gasteiger partial charge in [-0.25, -0.2) is 0 Å². The molecule has 5 nitrogen and oxygen atoms in total.